The third-order valence-electron chi connectivity index (χ3n) is 1.84. The number of carbonyl (C=O) groups is 1. The van der Waals surface area contributed by atoms with Crippen molar-refractivity contribution in [2.45, 2.75) is 0 Å². The summed E-state index contributed by atoms with van der Waals surface area (Å²) in [6, 6.07) is 1.86. The van der Waals surface area contributed by atoms with Crippen LogP contribution in [-0.4, -0.2) is 22.6 Å². The van der Waals surface area contributed by atoms with Crippen LogP contribution >= 0.6 is 0 Å². The molecule has 0 unspecified atom stereocenters. The van der Waals surface area contributed by atoms with E-state index in [0.717, 1.165) is 5.22 Å². The van der Waals surface area contributed by atoms with Gasteiger partial charge in [-0.15, -0.1) is 0 Å². The van der Waals surface area contributed by atoms with Gasteiger partial charge in [0.05, 0.1) is 5.35 Å². The Morgan fingerprint density at radius 3 is 3.17 bits per heavy atom. The number of H-pyrrole nitrogens is 1. The van der Waals surface area contributed by atoms with Gasteiger partial charge in [0.25, 0.3) is 0 Å². The standard InChI is InChI=1S/C8H8N2O2/c11-8(12)7-6-5(1-3-9-6)2-4-10-7/h1-3,9-10H,4H2,(H,11,12). The Hall–Kier alpha value is -1.71. The summed E-state index contributed by atoms with van der Waals surface area (Å²) in [5, 5.41) is 13.2. The maximum atomic E-state index is 10.7. The molecule has 0 aliphatic carbocycles. The maximum Gasteiger partial charge on any atom is 0.354 e. The van der Waals surface area contributed by atoms with Gasteiger partial charge in [0, 0.05) is 12.7 Å². The number of hydrogen-bond acceptors (Lipinski definition) is 2. The molecule has 0 atom stereocenters. The molecule has 1 aliphatic rings. The van der Waals surface area contributed by atoms with Gasteiger partial charge in [-0.25, -0.2) is 4.79 Å². The fourth-order valence-electron chi connectivity index (χ4n) is 1.30. The van der Waals surface area contributed by atoms with Crippen molar-refractivity contribution >= 4 is 17.7 Å². The summed E-state index contributed by atoms with van der Waals surface area (Å²) in [6.45, 7) is 0.576. The molecule has 2 rings (SSSR count). The highest BCUT2D eigenvalue weighted by Gasteiger charge is 2.10. The van der Waals surface area contributed by atoms with Crippen molar-refractivity contribution in [1.82, 2.24) is 10.3 Å². The van der Waals surface area contributed by atoms with Crippen LogP contribution in [0.5, 0.6) is 0 Å². The van der Waals surface area contributed by atoms with Crippen LogP contribution in [0.15, 0.2) is 12.3 Å². The fourth-order valence-corrected chi connectivity index (χ4v) is 1.30. The van der Waals surface area contributed by atoms with Crippen LogP contribution in [0.2, 0.25) is 0 Å². The lowest BCUT2D eigenvalue weighted by Crippen LogP contribution is -2.39. The van der Waals surface area contributed by atoms with Crippen molar-refractivity contribution in [1.29, 1.82) is 0 Å². The highest BCUT2D eigenvalue weighted by atomic mass is 16.4. The van der Waals surface area contributed by atoms with Crippen LogP contribution in [0.25, 0.3) is 11.8 Å². The van der Waals surface area contributed by atoms with E-state index in [1.807, 2.05) is 12.1 Å². The molecule has 4 nitrogen and oxygen atoms in total. The summed E-state index contributed by atoms with van der Waals surface area (Å²) in [7, 11) is 0. The van der Waals surface area contributed by atoms with Gasteiger partial charge in [-0.05, 0) is 11.3 Å². The highest BCUT2D eigenvalue weighted by Crippen LogP contribution is 1.87. The molecule has 0 bridgehead atoms. The number of aliphatic carboxylic acids is 1. The molecule has 0 amide bonds. The maximum absolute atomic E-state index is 10.7. The lowest BCUT2D eigenvalue weighted by molar-refractivity contribution is -0.130. The van der Waals surface area contributed by atoms with Gasteiger partial charge in [0.15, 0.2) is 0 Å². The quantitative estimate of drug-likeness (QED) is 0.478. The number of aromatic amines is 1. The zero-order valence-electron chi connectivity index (χ0n) is 6.29. The molecule has 0 radical (unpaired) electrons. The number of carboxylic acid groups (broad SMARTS) is 1. The molecule has 0 spiro atoms. The Bertz CT molecular complexity index is 430. The van der Waals surface area contributed by atoms with Crippen molar-refractivity contribution in [3.63, 3.8) is 0 Å². The third-order valence-corrected chi connectivity index (χ3v) is 1.84. The van der Waals surface area contributed by atoms with Crippen LogP contribution in [0, 0.1) is 0 Å². The number of aromatic nitrogens is 1. The van der Waals surface area contributed by atoms with Gasteiger partial charge < -0.3 is 15.4 Å². The van der Waals surface area contributed by atoms with E-state index in [1.54, 1.807) is 6.20 Å². The van der Waals surface area contributed by atoms with Crippen LogP contribution in [0.3, 0.4) is 0 Å². The summed E-state index contributed by atoms with van der Waals surface area (Å²) in [6.07, 6.45) is 3.68. The minimum Gasteiger partial charge on any atom is -0.477 e. The SMILES string of the molecule is O=C(O)C1=c2[nH]ccc2=CCN1. The molecule has 1 aromatic rings. The van der Waals surface area contributed by atoms with E-state index in [1.165, 1.54) is 0 Å². The van der Waals surface area contributed by atoms with Gasteiger partial charge in [-0.3, -0.25) is 0 Å². The monoisotopic (exact) mass is 164 g/mol. The van der Waals surface area contributed by atoms with Crippen molar-refractivity contribution < 1.29 is 9.90 Å². The summed E-state index contributed by atoms with van der Waals surface area (Å²) < 4.78 is 0. The predicted octanol–water partition coefficient (Wildman–Crippen LogP) is -1.41. The van der Waals surface area contributed by atoms with E-state index in [4.69, 9.17) is 5.11 Å². The number of fused-ring (bicyclic) bond motifs is 1. The Balaban J connectivity index is 2.81. The second kappa shape index (κ2) is 2.41. The van der Waals surface area contributed by atoms with E-state index in [0.29, 0.717) is 11.9 Å². The largest absolute Gasteiger partial charge is 0.477 e. The first-order chi connectivity index (χ1) is 5.79. The first kappa shape index (κ1) is 6.97. The van der Waals surface area contributed by atoms with Gasteiger partial charge >= 0.3 is 5.97 Å². The Labute approximate surface area is 68.2 Å². The van der Waals surface area contributed by atoms with Crippen LogP contribution in [-0.2, 0) is 4.79 Å². The molecule has 1 aromatic heterocycles. The Morgan fingerprint density at radius 2 is 2.42 bits per heavy atom. The first-order valence-corrected chi connectivity index (χ1v) is 3.64. The number of hydrogen-bond donors (Lipinski definition) is 3. The second-order valence-corrected chi connectivity index (χ2v) is 2.57. The minimum absolute atomic E-state index is 0.248. The number of nitrogens with one attached hydrogen (secondary N) is 2. The predicted molar refractivity (Wildman–Crippen MR) is 43.6 cm³/mol. The molecular weight excluding hydrogens is 156 g/mol. The molecule has 0 saturated heterocycles. The normalized spacial score (nSPS) is 14.5. The molecule has 4 heteroatoms. The molecule has 0 saturated carbocycles. The zero-order chi connectivity index (χ0) is 8.55. The third kappa shape index (κ3) is 0.887. The molecule has 2 heterocycles. The van der Waals surface area contributed by atoms with Crippen molar-refractivity contribution in [2.24, 2.45) is 0 Å². The van der Waals surface area contributed by atoms with Gasteiger partial charge in [0.2, 0.25) is 0 Å². The van der Waals surface area contributed by atoms with Crippen molar-refractivity contribution in [2.75, 3.05) is 6.54 Å². The topological polar surface area (TPSA) is 65.1 Å². The summed E-state index contributed by atoms with van der Waals surface area (Å²) in [5.74, 6) is -0.924. The Kier molecular flexibility index (Phi) is 1.40. The molecule has 12 heavy (non-hydrogen) atoms. The summed E-state index contributed by atoms with van der Waals surface area (Å²) in [5.41, 5.74) is 0.248. The Morgan fingerprint density at radius 1 is 1.58 bits per heavy atom. The van der Waals surface area contributed by atoms with Crippen LogP contribution < -0.4 is 15.9 Å². The van der Waals surface area contributed by atoms with Crippen molar-refractivity contribution in [3.05, 3.63) is 22.8 Å². The smallest absolute Gasteiger partial charge is 0.354 e. The number of rotatable bonds is 1. The fraction of sp³-hybridized carbons (Fsp3) is 0.125. The first-order valence-electron chi connectivity index (χ1n) is 3.64. The van der Waals surface area contributed by atoms with E-state index < -0.39 is 5.97 Å². The molecule has 1 aliphatic heterocycles. The van der Waals surface area contributed by atoms with Gasteiger partial charge in [-0.2, -0.15) is 0 Å². The average molecular weight is 164 g/mol. The lowest BCUT2D eigenvalue weighted by Gasteiger charge is -2.06. The molecular formula is C8H8N2O2. The molecule has 3 N–H and O–H groups in total. The summed E-state index contributed by atoms with van der Waals surface area (Å²) >= 11 is 0. The summed E-state index contributed by atoms with van der Waals surface area (Å²) in [4.78, 5) is 13.6. The average Bonchev–Trinajstić information content (AvgIpc) is 2.49. The van der Waals surface area contributed by atoms with Crippen LogP contribution in [0.1, 0.15) is 0 Å². The number of carboxylic acids is 1. The molecule has 0 fully saturated rings. The zero-order valence-corrected chi connectivity index (χ0v) is 6.29. The van der Waals surface area contributed by atoms with E-state index in [9.17, 15) is 4.79 Å². The van der Waals surface area contributed by atoms with Crippen LogP contribution in [0.4, 0.5) is 0 Å². The van der Waals surface area contributed by atoms with E-state index >= 15 is 0 Å². The minimum atomic E-state index is -0.924. The van der Waals surface area contributed by atoms with Gasteiger partial charge in [0.1, 0.15) is 5.70 Å². The van der Waals surface area contributed by atoms with E-state index in [-0.39, 0.29) is 5.70 Å². The molecule has 62 valence electrons. The highest BCUT2D eigenvalue weighted by molar-refractivity contribution is 6.07. The van der Waals surface area contributed by atoms with Crippen molar-refractivity contribution in [3.8, 4) is 0 Å². The molecule has 0 aromatic carbocycles. The lowest BCUT2D eigenvalue weighted by atomic mass is 10.2. The van der Waals surface area contributed by atoms with Gasteiger partial charge in [-0.1, -0.05) is 6.08 Å². The second-order valence-electron chi connectivity index (χ2n) is 2.57. The van der Waals surface area contributed by atoms with E-state index in [2.05, 4.69) is 10.3 Å².